The number of anilines is 1. The Morgan fingerprint density at radius 2 is 2.00 bits per heavy atom. The summed E-state index contributed by atoms with van der Waals surface area (Å²) in [5.41, 5.74) is 3.14. The molecule has 27 heavy (non-hydrogen) atoms. The first-order valence-corrected chi connectivity index (χ1v) is 9.57. The molecule has 3 rings (SSSR count). The van der Waals surface area contributed by atoms with Gasteiger partial charge in [0.25, 0.3) is 0 Å². The van der Waals surface area contributed by atoms with Crippen LogP contribution in [-0.2, 0) is 13.1 Å². The van der Waals surface area contributed by atoms with Crippen LogP contribution in [0.25, 0.3) is 11.3 Å². The second-order valence-electron chi connectivity index (χ2n) is 6.38. The van der Waals surface area contributed by atoms with Gasteiger partial charge in [-0.25, -0.2) is 9.97 Å². The summed E-state index contributed by atoms with van der Waals surface area (Å²) in [6, 6.07) is 10.2. The van der Waals surface area contributed by atoms with Crippen molar-refractivity contribution >= 4 is 22.4 Å². The van der Waals surface area contributed by atoms with E-state index in [1.54, 1.807) is 18.4 Å². The molecular formula is C19H25N7S. The maximum Gasteiger partial charge on any atom is 0.194 e. The van der Waals surface area contributed by atoms with Crippen molar-refractivity contribution in [2.45, 2.75) is 13.1 Å². The molecular weight excluding hydrogens is 358 g/mol. The zero-order valence-electron chi connectivity index (χ0n) is 16.1. The number of H-pyrrole nitrogens is 1. The van der Waals surface area contributed by atoms with Crippen LogP contribution in [0.2, 0.25) is 0 Å². The number of hydrogen-bond acceptors (Lipinski definition) is 5. The minimum Gasteiger partial charge on any atom is -0.354 e. The van der Waals surface area contributed by atoms with Gasteiger partial charge in [0.15, 0.2) is 11.1 Å². The van der Waals surface area contributed by atoms with Crippen LogP contribution in [0.3, 0.4) is 0 Å². The predicted molar refractivity (Wildman–Crippen MR) is 112 cm³/mol. The normalized spacial score (nSPS) is 11.5. The van der Waals surface area contributed by atoms with Gasteiger partial charge in [-0.3, -0.25) is 4.99 Å². The molecule has 0 aliphatic carbocycles. The van der Waals surface area contributed by atoms with Crippen LogP contribution in [0.1, 0.15) is 11.5 Å². The first-order valence-electron chi connectivity index (χ1n) is 8.69. The van der Waals surface area contributed by atoms with E-state index in [1.807, 2.05) is 55.3 Å². The number of guanidine groups is 1. The molecule has 0 atom stereocenters. The molecule has 0 saturated carbocycles. The quantitative estimate of drug-likeness (QED) is 0.506. The molecule has 0 unspecified atom stereocenters. The van der Waals surface area contributed by atoms with Crippen LogP contribution >= 0.6 is 11.3 Å². The van der Waals surface area contributed by atoms with Gasteiger partial charge in [0.2, 0.25) is 0 Å². The minimum atomic E-state index is 0.631. The van der Waals surface area contributed by atoms with Crippen molar-refractivity contribution in [2.24, 2.45) is 4.99 Å². The zero-order chi connectivity index (χ0) is 19.2. The predicted octanol–water partition coefficient (Wildman–Crippen LogP) is 2.81. The van der Waals surface area contributed by atoms with E-state index in [0.717, 1.165) is 33.9 Å². The van der Waals surface area contributed by atoms with E-state index in [-0.39, 0.29) is 0 Å². The Morgan fingerprint density at radius 3 is 2.67 bits per heavy atom. The van der Waals surface area contributed by atoms with Crippen molar-refractivity contribution in [2.75, 3.05) is 33.1 Å². The highest BCUT2D eigenvalue weighted by atomic mass is 32.1. The lowest BCUT2D eigenvalue weighted by Crippen LogP contribution is -2.38. The van der Waals surface area contributed by atoms with Crippen LogP contribution in [0.4, 0.5) is 5.13 Å². The molecule has 8 heteroatoms. The fourth-order valence-corrected chi connectivity index (χ4v) is 3.40. The number of imidazole rings is 1. The summed E-state index contributed by atoms with van der Waals surface area (Å²) >= 11 is 1.63. The molecule has 1 aromatic carbocycles. The number of nitrogens with zero attached hydrogens (tertiary/aromatic N) is 5. The zero-order valence-corrected chi connectivity index (χ0v) is 16.9. The van der Waals surface area contributed by atoms with Crippen LogP contribution < -0.4 is 10.2 Å². The van der Waals surface area contributed by atoms with Crippen molar-refractivity contribution in [3.63, 3.8) is 0 Å². The van der Waals surface area contributed by atoms with Crippen LogP contribution in [0.15, 0.2) is 46.9 Å². The van der Waals surface area contributed by atoms with E-state index in [2.05, 4.69) is 42.8 Å². The second-order valence-corrected chi connectivity index (χ2v) is 7.22. The lowest BCUT2D eigenvalue weighted by atomic mass is 10.2. The maximum absolute atomic E-state index is 4.59. The molecule has 0 bridgehead atoms. The molecule has 0 fully saturated rings. The van der Waals surface area contributed by atoms with Crippen LogP contribution in [0.5, 0.6) is 0 Å². The monoisotopic (exact) mass is 383 g/mol. The largest absolute Gasteiger partial charge is 0.354 e. The Labute approximate surface area is 163 Å². The third kappa shape index (κ3) is 4.85. The Kier molecular flexibility index (Phi) is 6.08. The summed E-state index contributed by atoms with van der Waals surface area (Å²) < 4.78 is 0. The lowest BCUT2D eigenvalue weighted by Gasteiger charge is -2.20. The van der Waals surface area contributed by atoms with Crippen molar-refractivity contribution in [1.29, 1.82) is 0 Å². The summed E-state index contributed by atoms with van der Waals surface area (Å²) in [5.74, 6) is 1.69. The van der Waals surface area contributed by atoms with E-state index in [9.17, 15) is 0 Å². The number of benzene rings is 1. The molecule has 2 heterocycles. The molecule has 0 aliphatic heterocycles. The molecule has 7 nitrogen and oxygen atoms in total. The fraction of sp³-hybridized carbons (Fsp3) is 0.316. The molecule has 3 aromatic rings. The first kappa shape index (κ1) is 18.9. The number of rotatable bonds is 6. The molecule has 142 valence electrons. The number of aromatic amines is 1. The summed E-state index contributed by atoms with van der Waals surface area (Å²) in [4.78, 5) is 20.9. The highest BCUT2D eigenvalue weighted by Crippen LogP contribution is 2.18. The second kappa shape index (κ2) is 8.68. The Bertz CT molecular complexity index is 882. The summed E-state index contributed by atoms with van der Waals surface area (Å²) in [6.45, 7) is 1.27. The Hall–Kier alpha value is -2.87. The first-order chi connectivity index (χ1) is 13.1. The van der Waals surface area contributed by atoms with Crippen LogP contribution in [-0.4, -0.2) is 54.0 Å². The molecule has 2 N–H and O–H groups in total. The molecule has 0 amide bonds. The standard InChI is InChI=1S/C19H25N7S/c1-20-18(22-10-15-13-27-19(23-15)25(2)3)26(4)12-17-21-11-16(24-17)14-8-6-5-7-9-14/h5-9,11,13H,10,12H2,1-4H3,(H,20,22)(H,21,24). The topological polar surface area (TPSA) is 72.4 Å². The van der Waals surface area contributed by atoms with E-state index in [1.165, 1.54) is 0 Å². The van der Waals surface area contributed by atoms with Gasteiger partial charge in [0.05, 0.1) is 30.7 Å². The molecule has 0 saturated heterocycles. The van der Waals surface area contributed by atoms with Gasteiger partial charge in [-0.05, 0) is 5.56 Å². The third-order valence-corrected chi connectivity index (χ3v) is 5.08. The SMILES string of the molecule is CN=C(NCc1csc(N(C)C)n1)N(C)Cc1ncc(-c2ccccc2)[nH]1. The van der Waals surface area contributed by atoms with Gasteiger partial charge in [-0.2, -0.15) is 0 Å². The van der Waals surface area contributed by atoms with Gasteiger partial charge in [0.1, 0.15) is 5.82 Å². The maximum atomic E-state index is 4.59. The third-order valence-electron chi connectivity index (χ3n) is 4.02. The highest BCUT2D eigenvalue weighted by Gasteiger charge is 2.11. The van der Waals surface area contributed by atoms with Crippen molar-refractivity contribution in [3.8, 4) is 11.3 Å². The summed E-state index contributed by atoms with van der Waals surface area (Å²) in [5, 5.41) is 6.42. The number of hydrogen-bond donors (Lipinski definition) is 2. The lowest BCUT2D eigenvalue weighted by molar-refractivity contribution is 0.463. The van der Waals surface area contributed by atoms with Gasteiger partial charge >= 0.3 is 0 Å². The average molecular weight is 384 g/mol. The van der Waals surface area contributed by atoms with Gasteiger partial charge in [-0.1, -0.05) is 30.3 Å². The molecule has 0 radical (unpaired) electrons. The number of aliphatic imine (C=N–C) groups is 1. The molecule has 2 aromatic heterocycles. The summed E-state index contributed by atoms with van der Waals surface area (Å²) in [7, 11) is 7.76. The van der Waals surface area contributed by atoms with Gasteiger partial charge in [0, 0.05) is 33.6 Å². The summed E-state index contributed by atoms with van der Waals surface area (Å²) in [6.07, 6.45) is 1.87. The molecule has 0 aliphatic rings. The van der Waals surface area contributed by atoms with E-state index >= 15 is 0 Å². The molecule has 0 spiro atoms. The van der Waals surface area contributed by atoms with Gasteiger partial charge < -0.3 is 20.1 Å². The number of thiazole rings is 1. The number of aromatic nitrogens is 3. The van der Waals surface area contributed by atoms with Crippen LogP contribution in [0, 0.1) is 0 Å². The Morgan fingerprint density at radius 1 is 1.22 bits per heavy atom. The smallest absolute Gasteiger partial charge is 0.194 e. The van der Waals surface area contributed by atoms with E-state index < -0.39 is 0 Å². The minimum absolute atomic E-state index is 0.631. The average Bonchev–Trinajstić information content (AvgIpc) is 3.33. The van der Waals surface area contributed by atoms with E-state index in [0.29, 0.717) is 13.1 Å². The van der Waals surface area contributed by atoms with E-state index in [4.69, 9.17) is 0 Å². The Balaban J connectivity index is 1.58. The van der Waals surface area contributed by atoms with Crippen molar-refractivity contribution < 1.29 is 0 Å². The number of nitrogens with one attached hydrogen (secondary N) is 2. The van der Waals surface area contributed by atoms with Crippen molar-refractivity contribution in [3.05, 3.63) is 53.4 Å². The van der Waals surface area contributed by atoms with Crippen molar-refractivity contribution in [1.82, 2.24) is 25.2 Å². The van der Waals surface area contributed by atoms with Gasteiger partial charge in [-0.15, -0.1) is 11.3 Å². The fourth-order valence-electron chi connectivity index (χ4n) is 2.64. The highest BCUT2D eigenvalue weighted by molar-refractivity contribution is 7.13.